The van der Waals surface area contributed by atoms with E-state index in [1.807, 2.05) is 0 Å². The molecule has 0 bridgehead atoms. The van der Waals surface area contributed by atoms with Crippen LogP contribution in [-0.2, 0) is 4.74 Å². The van der Waals surface area contributed by atoms with E-state index in [4.69, 9.17) is 21.6 Å². The van der Waals surface area contributed by atoms with Crippen LogP contribution in [0.5, 0.6) is 0 Å². The predicted molar refractivity (Wildman–Crippen MR) is 67.2 cm³/mol. The Bertz CT molecular complexity index is 404. The molecule has 0 aromatic heterocycles. The van der Waals surface area contributed by atoms with Gasteiger partial charge in [-0.2, -0.15) is 5.26 Å². The van der Waals surface area contributed by atoms with Gasteiger partial charge in [-0.3, -0.25) is 0 Å². The van der Waals surface area contributed by atoms with Crippen LogP contribution in [0.4, 0.5) is 5.69 Å². The first-order valence-corrected chi connectivity index (χ1v) is 5.65. The van der Waals surface area contributed by atoms with Crippen LogP contribution in [0, 0.1) is 11.3 Å². The Morgan fingerprint density at radius 3 is 3.00 bits per heavy atom. The molecular formula is C12H15ClN2O2. The minimum Gasteiger partial charge on any atom is -0.391 e. The first-order chi connectivity index (χ1) is 8.17. The molecule has 1 aromatic rings. The highest BCUT2D eigenvalue weighted by molar-refractivity contribution is 6.30. The van der Waals surface area contributed by atoms with Crippen molar-refractivity contribution in [1.29, 1.82) is 5.26 Å². The number of aliphatic hydroxyl groups excluding tert-OH is 1. The van der Waals surface area contributed by atoms with Crippen molar-refractivity contribution in [1.82, 2.24) is 0 Å². The zero-order chi connectivity index (χ0) is 12.7. The molecule has 0 aliphatic heterocycles. The minimum absolute atomic E-state index is 0.313. The quantitative estimate of drug-likeness (QED) is 0.815. The van der Waals surface area contributed by atoms with Gasteiger partial charge in [-0.15, -0.1) is 0 Å². The molecule has 0 heterocycles. The molecule has 5 heteroatoms. The summed E-state index contributed by atoms with van der Waals surface area (Å²) in [5, 5.41) is 22.0. The van der Waals surface area contributed by atoms with Gasteiger partial charge in [0.1, 0.15) is 6.07 Å². The smallest absolute Gasteiger partial charge is 0.101 e. The Balaban J connectivity index is 2.50. The lowest BCUT2D eigenvalue weighted by molar-refractivity contribution is 0.0615. The van der Waals surface area contributed by atoms with Crippen LogP contribution in [0.3, 0.4) is 0 Å². The Morgan fingerprint density at radius 2 is 2.35 bits per heavy atom. The third kappa shape index (κ3) is 4.61. The summed E-state index contributed by atoms with van der Waals surface area (Å²) < 4.78 is 4.82. The lowest BCUT2D eigenvalue weighted by atomic mass is 10.2. The molecule has 4 nitrogen and oxygen atoms in total. The first kappa shape index (κ1) is 13.8. The number of anilines is 1. The van der Waals surface area contributed by atoms with Crippen LogP contribution < -0.4 is 5.32 Å². The molecular weight excluding hydrogens is 240 g/mol. The molecule has 0 fully saturated rings. The molecule has 92 valence electrons. The second kappa shape index (κ2) is 7.13. The maximum atomic E-state index is 9.45. The van der Waals surface area contributed by atoms with E-state index in [0.717, 1.165) is 5.69 Å². The number of nitriles is 1. The zero-order valence-electron chi connectivity index (χ0n) is 9.61. The molecule has 0 aliphatic carbocycles. The summed E-state index contributed by atoms with van der Waals surface area (Å²) in [5.41, 5.74) is 1.22. The summed E-state index contributed by atoms with van der Waals surface area (Å²) in [6.07, 6.45) is 0.0618. The molecule has 1 unspecified atom stereocenters. The molecule has 0 saturated heterocycles. The van der Waals surface area contributed by atoms with E-state index >= 15 is 0 Å². The number of ether oxygens (including phenoxy) is 1. The Labute approximate surface area is 106 Å². The second-order valence-corrected chi connectivity index (χ2v) is 4.06. The van der Waals surface area contributed by atoms with E-state index in [0.29, 0.717) is 30.2 Å². The van der Waals surface area contributed by atoms with Gasteiger partial charge in [-0.1, -0.05) is 11.6 Å². The van der Waals surface area contributed by atoms with E-state index in [1.54, 1.807) is 25.3 Å². The largest absolute Gasteiger partial charge is 0.391 e. The lowest BCUT2D eigenvalue weighted by Gasteiger charge is -2.11. The van der Waals surface area contributed by atoms with E-state index in [9.17, 15) is 5.11 Å². The van der Waals surface area contributed by atoms with Crippen molar-refractivity contribution in [3.63, 3.8) is 0 Å². The van der Waals surface area contributed by atoms with Crippen molar-refractivity contribution in [3.8, 4) is 6.07 Å². The summed E-state index contributed by atoms with van der Waals surface area (Å²) >= 11 is 5.79. The number of halogens is 1. The highest BCUT2D eigenvalue weighted by atomic mass is 35.5. The Morgan fingerprint density at radius 1 is 1.59 bits per heavy atom. The summed E-state index contributed by atoms with van der Waals surface area (Å²) in [6.45, 7) is 0.883. The fraction of sp³-hybridized carbons (Fsp3) is 0.417. The molecule has 2 N–H and O–H groups in total. The van der Waals surface area contributed by atoms with Gasteiger partial charge in [0, 0.05) is 18.7 Å². The number of methoxy groups -OCH3 is 1. The maximum Gasteiger partial charge on any atom is 0.101 e. The second-order valence-electron chi connectivity index (χ2n) is 3.63. The normalized spacial score (nSPS) is 11.9. The van der Waals surface area contributed by atoms with Crippen molar-refractivity contribution < 1.29 is 9.84 Å². The maximum absolute atomic E-state index is 9.45. The Hall–Kier alpha value is -1.28. The van der Waals surface area contributed by atoms with Crippen LogP contribution in [0.2, 0.25) is 5.02 Å². The fourth-order valence-electron chi connectivity index (χ4n) is 1.41. The standard InChI is InChI=1S/C12H15ClN2O2/c1-17-8-11(16)4-5-15-12-3-2-10(13)6-9(12)7-14/h2-3,6,11,15-16H,4-5,8H2,1H3. The summed E-state index contributed by atoms with van der Waals surface area (Å²) in [5.74, 6) is 0. The van der Waals surface area contributed by atoms with Gasteiger partial charge in [-0.25, -0.2) is 0 Å². The number of rotatable bonds is 6. The van der Waals surface area contributed by atoms with E-state index in [-0.39, 0.29) is 0 Å². The van der Waals surface area contributed by atoms with Gasteiger partial charge in [-0.05, 0) is 24.6 Å². The number of benzene rings is 1. The molecule has 1 rings (SSSR count). The molecule has 17 heavy (non-hydrogen) atoms. The van der Waals surface area contributed by atoms with Crippen molar-refractivity contribution in [3.05, 3.63) is 28.8 Å². The predicted octanol–water partition coefficient (Wildman–Crippen LogP) is 2.02. The van der Waals surface area contributed by atoms with Crippen molar-refractivity contribution >= 4 is 17.3 Å². The number of aliphatic hydroxyl groups is 1. The molecule has 0 spiro atoms. The van der Waals surface area contributed by atoms with Crippen molar-refractivity contribution in [2.75, 3.05) is 25.6 Å². The summed E-state index contributed by atoms with van der Waals surface area (Å²) in [4.78, 5) is 0. The van der Waals surface area contributed by atoms with E-state index in [2.05, 4.69) is 11.4 Å². The van der Waals surface area contributed by atoms with Crippen LogP contribution >= 0.6 is 11.6 Å². The van der Waals surface area contributed by atoms with Gasteiger partial charge in [0.2, 0.25) is 0 Å². The average Bonchev–Trinajstić information content (AvgIpc) is 2.31. The van der Waals surface area contributed by atoms with E-state index < -0.39 is 6.10 Å². The third-order valence-electron chi connectivity index (χ3n) is 2.25. The number of nitrogens with zero attached hydrogens (tertiary/aromatic N) is 1. The highest BCUT2D eigenvalue weighted by Crippen LogP contribution is 2.19. The molecule has 0 amide bonds. The van der Waals surface area contributed by atoms with Gasteiger partial charge in [0.25, 0.3) is 0 Å². The number of hydrogen-bond acceptors (Lipinski definition) is 4. The van der Waals surface area contributed by atoms with Crippen LogP contribution in [0.25, 0.3) is 0 Å². The average molecular weight is 255 g/mol. The monoisotopic (exact) mass is 254 g/mol. The molecule has 1 atom stereocenters. The Kier molecular flexibility index (Phi) is 5.78. The van der Waals surface area contributed by atoms with Gasteiger partial charge < -0.3 is 15.2 Å². The van der Waals surface area contributed by atoms with Crippen molar-refractivity contribution in [2.45, 2.75) is 12.5 Å². The van der Waals surface area contributed by atoms with E-state index in [1.165, 1.54) is 0 Å². The summed E-state index contributed by atoms with van der Waals surface area (Å²) in [7, 11) is 1.55. The lowest BCUT2D eigenvalue weighted by Crippen LogP contribution is -2.18. The van der Waals surface area contributed by atoms with Crippen molar-refractivity contribution in [2.24, 2.45) is 0 Å². The molecule has 0 aliphatic rings. The zero-order valence-corrected chi connectivity index (χ0v) is 10.4. The van der Waals surface area contributed by atoms with Gasteiger partial charge >= 0.3 is 0 Å². The third-order valence-corrected chi connectivity index (χ3v) is 2.49. The van der Waals surface area contributed by atoms with Crippen LogP contribution in [0.1, 0.15) is 12.0 Å². The first-order valence-electron chi connectivity index (χ1n) is 5.28. The highest BCUT2D eigenvalue weighted by Gasteiger charge is 2.05. The summed E-state index contributed by atoms with van der Waals surface area (Å²) in [6, 6.07) is 7.14. The molecule has 1 aromatic carbocycles. The molecule has 0 saturated carbocycles. The SMILES string of the molecule is COCC(O)CCNc1ccc(Cl)cc1C#N. The number of nitrogens with one attached hydrogen (secondary N) is 1. The van der Waals surface area contributed by atoms with Gasteiger partial charge in [0.05, 0.1) is 24.0 Å². The molecule has 0 radical (unpaired) electrons. The number of hydrogen-bond donors (Lipinski definition) is 2. The van der Waals surface area contributed by atoms with Crippen LogP contribution in [0.15, 0.2) is 18.2 Å². The topological polar surface area (TPSA) is 65.3 Å². The van der Waals surface area contributed by atoms with Crippen LogP contribution in [-0.4, -0.2) is 31.5 Å². The minimum atomic E-state index is -0.495. The van der Waals surface area contributed by atoms with Gasteiger partial charge in [0.15, 0.2) is 0 Å². The fourth-order valence-corrected chi connectivity index (χ4v) is 1.58.